The maximum absolute atomic E-state index is 9.67. The molecule has 0 aliphatic rings. The van der Waals surface area contributed by atoms with Crippen LogP contribution in [0.5, 0.6) is 0 Å². The summed E-state index contributed by atoms with van der Waals surface area (Å²) in [6.45, 7) is 0. The molecule has 0 amide bonds. The molecule has 12 heavy (non-hydrogen) atoms. The smallest absolute Gasteiger partial charge is 0.254 e. The van der Waals surface area contributed by atoms with Crippen molar-refractivity contribution in [1.29, 1.82) is 0 Å². The monoisotopic (exact) mass is 262 g/mol. The van der Waals surface area contributed by atoms with Crippen molar-refractivity contribution < 1.29 is 64.3 Å². The van der Waals surface area contributed by atoms with Gasteiger partial charge >= 0.3 is 58.9 Å². The van der Waals surface area contributed by atoms with Crippen molar-refractivity contribution in [2.75, 3.05) is 0 Å². The average molecular weight is 263 g/mol. The van der Waals surface area contributed by atoms with Crippen LogP contribution in [0.3, 0.4) is 0 Å². The van der Waals surface area contributed by atoms with E-state index in [1.54, 1.807) is 0 Å². The predicted octanol–water partition coefficient (Wildman–Crippen LogP) is 0.133. The molecule has 0 aliphatic heterocycles. The van der Waals surface area contributed by atoms with Gasteiger partial charge in [-0.3, -0.25) is 12.9 Å². The topological polar surface area (TPSA) is 0 Å². The molecule has 0 saturated heterocycles. The zero-order valence-corrected chi connectivity index (χ0v) is 11.1. The van der Waals surface area contributed by atoms with E-state index in [0.29, 0.717) is 0 Å². The Bertz CT molecular complexity index is 183. The van der Waals surface area contributed by atoms with Gasteiger partial charge in [0.15, 0.2) is 0 Å². The first kappa shape index (κ1) is 15.7. The molecule has 60 valence electrons. The molecule has 0 unspecified atom stereocenters. The van der Waals surface area contributed by atoms with Gasteiger partial charge in [0.2, 0.25) is 0 Å². The summed E-state index contributed by atoms with van der Waals surface area (Å²) in [4.78, 5) is 0. The van der Waals surface area contributed by atoms with Crippen molar-refractivity contribution >= 4 is 23.5 Å². The number of benzene rings is 1. The van der Waals surface area contributed by atoms with Gasteiger partial charge in [-0.25, -0.2) is 0 Å². The van der Waals surface area contributed by atoms with E-state index < -0.39 is 7.54 Å². The molecular formula is C6H4BBrF3K. The molecule has 0 radical (unpaired) electrons. The van der Waals surface area contributed by atoms with Crippen LogP contribution in [0.15, 0.2) is 28.7 Å². The zero-order chi connectivity index (χ0) is 8.69. The Labute approximate surface area is 121 Å². The van der Waals surface area contributed by atoms with Gasteiger partial charge < -0.3 is 0 Å². The van der Waals surface area contributed by atoms with E-state index in [1.807, 2.05) is 24.3 Å². The summed E-state index contributed by atoms with van der Waals surface area (Å²) in [6, 6.07) is 10.5. The summed E-state index contributed by atoms with van der Waals surface area (Å²) in [7, 11) is -3.67. The van der Waals surface area contributed by atoms with Gasteiger partial charge in [0.05, 0.1) is 0 Å². The van der Waals surface area contributed by atoms with Crippen molar-refractivity contribution in [1.82, 2.24) is 0 Å². The Balaban J connectivity index is 0. The molecule has 0 atom stereocenters. The Kier molecular flexibility index (Phi) is 13.4. The molecule has 0 saturated carbocycles. The van der Waals surface area contributed by atoms with Crippen LogP contribution in [0.1, 0.15) is 0 Å². The van der Waals surface area contributed by atoms with E-state index in [2.05, 4.69) is 22.0 Å². The zero-order valence-electron chi connectivity index (χ0n) is 6.40. The third-order valence-corrected chi connectivity index (χ3v) is 1.21. The minimum atomic E-state index is -3.67. The minimum Gasteiger partial charge on any atom is -0.254 e. The van der Waals surface area contributed by atoms with E-state index >= 15 is 0 Å². The van der Waals surface area contributed by atoms with Crippen LogP contribution in [-0.4, -0.2) is 7.54 Å². The quantitative estimate of drug-likeness (QED) is 0.461. The molecule has 1 aromatic rings. The van der Waals surface area contributed by atoms with Crippen LogP contribution in [0.25, 0.3) is 0 Å². The van der Waals surface area contributed by atoms with E-state index in [9.17, 15) is 12.9 Å². The van der Waals surface area contributed by atoms with Crippen LogP contribution < -0.4 is 51.4 Å². The molecular weight excluding hydrogens is 259 g/mol. The van der Waals surface area contributed by atoms with E-state index in [0.717, 1.165) is 4.47 Å². The number of hydrogen-bond acceptors (Lipinski definition) is 0. The normalized spacial score (nSPS) is 7.33. The Hall–Kier alpha value is 1.19. The first-order chi connectivity index (χ1) is 5.13. The Morgan fingerprint density at radius 3 is 1.67 bits per heavy atom. The van der Waals surface area contributed by atoms with Crippen LogP contribution in [-0.2, 0) is 0 Å². The minimum absolute atomic E-state index is 0. The molecule has 0 spiro atoms. The fourth-order valence-electron chi connectivity index (χ4n) is 0.367. The molecule has 0 aliphatic carbocycles. The van der Waals surface area contributed by atoms with Crippen molar-refractivity contribution in [2.45, 2.75) is 0 Å². The summed E-state index contributed by atoms with van der Waals surface area (Å²) in [5.74, 6) is 0. The number of rotatable bonds is 0. The molecule has 6 heteroatoms. The second-order valence-electron chi connectivity index (χ2n) is 1.47. The summed E-state index contributed by atoms with van der Waals surface area (Å²) < 4.78 is 30.1. The fraction of sp³-hybridized carbons (Fsp3) is 0. The SMILES string of the molecule is Brc1cc[c-]cc1.FB(F)F.[K+]. The summed E-state index contributed by atoms with van der Waals surface area (Å²) in [5.41, 5.74) is 0. The maximum Gasteiger partial charge on any atom is 1.00 e. The van der Waals surface area contributed by atoms with Gasteiger partial charge in [0.1, 0.15) is 0 Å². The summed E-state index contributed by atoms with van der Waals surface area (Å²) in [5, 5.41) is 0. The third kappa shape index (κ3) is 13.8. The molecule has 0 aromatic heterocycles. The molecule has 1 aromatic carbocycles. The van der Waals surface area contributed by atoms with Crippen LogP contribution >= 0.6 is 15.9 Å². The Morgan fingerprint density at radius 1 is 1.17 bits per heavy atom. The second-order valence-corrected chi connectivity index (χ2v) is 2.38. The van der Waals surface area contributed by atoms with Crippen LogP contribution in [0.4, 0.5) is 12.9 Å². The van der Waals surface area contributed by atoms with E-state index in [-0.39, 0.29) is 51.4 Å². The van der Waals surface area contributed by atoms with Gasteiger partial charge in [-0.05, 0) is 0 Å². The maximum atomic E-state index is 9.67. The molecule has 0 N–H and O–H groups in total. The summed E-state index contributed by atoms with van der Waals surface area (Å²) in [6.07, 6.45) is 0. The van der Waals surface area contributed by atoms with Gasteiger partial charge in [0, 0.05) is 0 Å². The second kappa shape index (κ2) is 10.3. The summed E-state index contributed by atoms with van der Waals surface area (Å²) >= 11 is 3.29. The van der Waals surface area contributed by atoms with E-state index in [1.165, 1.54) is 0 Å². The molecule has 0 bridgehead atoms. The van der Waals surface area contributed by atoms with Crippen molar-refractivity contribution in [3.8, 4) is 0 Å². The molecule has 0 heterocycles. The third-order valence-electron chi connectivity index (χ3n) is 0.678. The van der Waals surface area contributed by atoms with Crippen LogP contribution in [0, 0.1) is 6.07 Å². The van der Waals surface area contributed by atoms with Gasteiger partial charge in [0.25, 0.3) is 0 Å². The average Bonchev–Trinajstić information content (AvgIpc) is 1.87. The van der Waals surface area contributed by atoms with Gasteiger partial charge in [-0.15, -0.1) is 0 Å². The van der Waals surface area contributed by atoms with Crippen LogP contribution in [0.2, 0.25) is 0 Å². The molecule has 0 nitrogen and oxygen atoms in total. The van der Waals surface area contributed by atoms with Gasteiger partial charge in [-0.2, -0.15) is 30.3 Å². The molecule has 1 rings (SSSR count). The fourth-order valence-corrected chi connectivity index (χ4v) is 0.631. The van der Waals surface area contributed by atoms with E-state index in [4.69, 9.17) is 0 Å². The first-order valence-electron chi connectivity index (χ1n) is 2.67. The van der Waals surface area contributed by atoms with Gasteiger partial charge in [-0.1, -0.05) is 20.4 Å². The predicted molar refractivity (Wildman–Crippen MR) is 42.1 cm³/mol. The number of hydrogen-bond donors (Lipinski definition) is 0. The van der Waals surface area contributed by atoms with Crippen molar-refractivity contribution in [3.05, 3.63) is 34.8 Å². The standard InChI is InChI=1S/C6H4Br.BF3.K/c7-6-4-2-1-3-5-6;2-1(3)4;/h2-5H;;/q-1;;+1. The number of halogens is 4. The molecule has 0 fully saturated rings. The van der Waals surface area contributed by atoms with Crippen molar-refractivity contribution in [3.63, 3.8) is 0 Å². The van der Waals surface area contributed by atoms with Crippen molar-refractivity contribution in [2.24, 2.45) is 0 Å². The largest absolute Gasteiger partial charge is 1.00 e. The first-order valence-corrected chi connectivity index (χ1v) is 3.46. The Morgan fingerprint density at radius 2 is 1.50 bits per heavy atom.